The van der Waals surface area contributed by atoms with Gasteiger partial charge in [0.25, 0.3) is 0 Å². The number of nitrogens with one attached hydrogen (secondary N) is 1. The van der Waals surface area contributed by atoms with Gasteiger partial charge in [-0.1, -0.05) is 6.07 Å². The van der Waals surface area contributed by atoms with Gasteiger partial charge in [0.2, 0.25) is 0 Å². The van der Waals surface area contributed by atoms with Gasteiger partial charge in [-0.25, -0.2) is 0 Å². The first-order chi connectivity index (χ1) is 14.0. The third-order valence-electron chi connectivity index (χ3n) is 5.43. The zero-order chi connectivity index (χ0) is 21.0. The second-order valence-corrected chi connectivity index (χ2v) is 7.50. The van der Waals surface area contributed by atoms with E-state index in [9.17, 15) is 4.79 Å². The van der Waals surface area contributed by atoms with Crippen LogP contribution in [-0.4, -0.2) is 52.9 Å². The molecule has 2 unspecified atom stereocenters. The first kappa shape index (κ1) is 21.3. The number of hydrogen-bond acceptors (Lipinski definition) is 5. The van der Waals surface area contributed by atoms with Crippen LogP contribution in [-0.2, 0) is 20.8 Å². The van der Waals surface area contributed by atoms with Gasteiger partial charge in [0.15, 0.2) is 5.11 Å². The standard InChI is InChI=1S/C21H28N4O3S/c1-14-13-16(15(2)24(14)11-12-27-3)20-19(17-7-5-6-9-22-17)23-21(29)25(20)10-8-18(26)28-4/h5-7,9,13,19-20H,8,10-12H2,1-4H3,(H,23,29). The van der Waals surface area contributed by atoms with Crippen molar-refractivity contribution in [3.8, 4) is 0 Å². The van der Waals surface area contributed by atoms with Crippen LogP contribution in [0.25, 0.3) is 0 Å². The number of methoxy groups -OCH3 is 2. The molecular formula is C21H28N4O3S. The molecule has 29 heavy (non-hydrogen) atoms. The molecule has 0 aliphatic carbocycles. The van der Waals surface area contributed by atoms with E-state index in [1.54, 1.807) is 13.3 Å². The lowest BCUT2D eigenvalue weighted by Gasteiger charge is -2.28. The fourth-order valence-corrected chi connectivity index (χ4v) is 4.28. The Morgan fingerprint density at radius 2 is 2.07 bits per heavy atom. The SMILES string of the molecule is COCCn1c(C)cc(C2C(c3ccccn3)NC(=S)N2CCC(=O)OC)c1C. The maximum absolute atomic E-state index is 11.8. The normalized spacial score (nSPS) is 18.8. The molecule has 0 bridgehead atoms. The summed E-state index contributed by atoms with van der Waals surface area (Å²) < 4.78 is 12.4. The molecule has 0 saturated carbocycles. The monoisotopic (exact) mass is 416 g/mol. The van der Waals surface area contributed by atoms with E-state index in [4.69, 9.17) is 21.7 Å². The largest absolute Gasteiger partial charge is 0.469 e. The topological polar surface area (TPSA) is 68.6 Å². The first-order valence-electron chi connectivity index (χ1n) is 9.68. The molecule has 2 aromatic heterocycles. The van der Waals surface area contributed by atoms with E-state index >= 15 is 0 Å². The summed E-state index contributed by atoms with van der Waals surface area (Å²) in [4.78, 5) is 18.4. The van der Waals surface area contributed by atoms with Crippen LogP contribution >= 0.6 is 12.2 Å². The van der Waals surface area contributed by atoms with E-state index in [0.29, 0.717) is 18.3 Å². The van der Waals surface area contributed by atoms with Gasteiger partial charge in [0, 0.05) is 37.8 Å². The van der Waals surface area contributed by atoms with E-state index in [-0.39, 0.29) is 24.5 Å². The summed E-state index contributed by atoms with van der Waals surface area (Å²) in [6, 6.07) is 7.91. The van der Waals surface area contributed by atoms with Crippen LogP contribution in [0, 0.1) is 13.8 Å². The summed E-state index contributed by atoms with van der Waals surface area (Å²) >= 11 is 5.64. The molecule has 0 spiro atoms. The van der Waals surface area contributed by atoms with Gasteiger partial charge in [0.05, 0.1) is 37.9 Å². The number of carbonyl (C=O) groups excluding carboxylic acids is 1. The Hall–Kier alpha value is -2.45. The van der Waals surface area contributed by atoms with Crippen molar-refractivity contribution in [3.63, 3.8) is 0 Å². The van der Waals surface area contributed by atoms with Crippen molar-refractivity contribution < 1.29 is 14.3 Å². The molecule has 7 nitrogen and oxygen atoms in total. The van der Waals surface area contributed by atoms with E-state index in [1.165, 1.54) is 24.1 Å². The van der Waals surface area contributed by atoms with Crippen LogP contribution in [0.2, 0.25) is 0 Å². The lowest BCUT2D eigenvalue weighted by molar-refractivity contribution is -0.140. The Morgan fingerprint density at radius 3 is 2.72 bits per heavy atom. The number of ether oxygens (including phenoxy) is 2. The minimum atomic E-state index is -0.251. The van der Waals surface area contributed by atoms with Gasteiger partial charge in [-0.2, -0.15) is 0 Å². The van der Waals surface area contributed by atoms with Crippen LogP contribution in [0.15, 0.2) is 30.5 Å². The van der Waals surface area contributed by atoms with Crippen LogP contribution in [0.4, 0.5) is 0 Å². The number of aryl methyl sites for hydroxylation is 1. The van der Waals surface area contributed by atoms with Crippen LogP contribution in [0.3, 0.4) is 0 Å². The third-order valence-corrected chi connectivity index (χ3v) is 5.79. The molecule has 1 aliphatic rings. The minimum absolute atomic E-state index is 0.0652. The summed E-state index contributed by atoms with van der Waals surface area (Å²) in [5, 5.41) is 4.04. The number of esters is 1. The van der Waals surface area contributed by atoms with Crippen molar-refractivity contribution in [1.82, 2.24) is 19.8 Å². The van der Waals surface area contributed by atoms with Crippen molar-refractivity contribution in [2.45, 2.75) is 38.9 Å². The van der Waals surface area contributed by atoms with Crippen molar-refractivity contribution >= 4 is 23.3 Å². The molecule has 2 atom stereocenters. The highest BCUT2D eigenvalue weighted by Gasteiger charge is 2.41. The zero-order valence-electron chi connectivity index (χ0n) is 17.3. The van der Waals surface area contributed by atoms with Gasteiger partial charge in [-0.3, -0.25) is 9.78 Å². The summed E-state index contributed by atoms with van der Waals surface area (Å²) in [6.07, 6.45) is 2.06. The van der Waals surface area contributed by atoms with Crippen LogP contribution in [0.1, 0.15) is 41.1 Å². The minimum Gasteiger partial charge on any atom is -0.469 e. The Balaban J connectivity index is 2.00. The van der Waals surface area contributed by atoms with Gasteiger partial charge >= 0.3 is 5.97 Å². The molecule has 0 aromatic carbocycles. The number of carbonyl (C=O) groups is 1. The Kier molecular flexibility index (Phi) is 6.87. The van der Waals surface area contributed by atoms with E-state index < -0.39 is 0 Å². The highest BCUT2D eigenvalue weighted by Crippen LogP contribution is 2.40. The maximum atomic E-state index is 11.8. The Morgan fingerprint density at radius 1 is 1.28 bits per heavy atom. The van der Waals surface area contributed by atoms with Crippen LogP contribution in [0.5, 0.6) is 0 Å². The summed E-state index contributed by atoms with van der Waals surface area (Å²) in [7, 11) is 3.11. The predicted molar refractivity (Wildman–Crippen MR) is 115 cm³/mol. The average molecular weight is 417 g/mol. The number of nitrogens with zero attached hydrogens (tertiary/aromatic N) is 3. The first-order valence-corrected chi connectivity index (χ1v) is 10.1. The number of rotatable bonds is 8. The highest BCUT2D eigenvalue weighted by molar-refractivity contribution is 7.80. The predicted octanol–water partition coefficient (Wildman–Crippen LogP) is 2.68. The van der Waals surface area contributed by atoms with Crippen molar-refractivity contribution in [1.29, 1.82) is 0 Å². The fraction of sp³-hybridized carbons (Fsp3) is 0.476. The molecule has 3 heterocycles. The van der Waals surface area contributed by atoms with E-state index in [2.05, 4.69) is 39.7 Å². The lowest BCUT2D eigenvalue weighted by atomic mass is 9.96. The smallest absolute Gasteiger partial charge is 0.307 e. The molecule has 2 aromatic rings. The molecular weight excluding hydrogens is 388 g/mol. The number of pyridine rings is 1. The van der Waals surface area contributed by atoms with Crippen LogP contribution < -0.4 is 5.32 Å². The van der Waals surface area contributed by atoms with Crippen molar-refractivity contribution in [3.05, 3.63) is 53.1 Å². The fourth-order valence-electron chi connectivity index (χ4n) is 3.95. The summed E-state index contributed by atoms with van der Waals surface area (Å²) in [5.74, 6) is -0.251. The van der Waals surface area contributed by atoms with Gasteiger partial charge in [-0.05, 0) is 49.8 Å². The lowest BCUT2D eigenvalue weighted by Crippen LogP contribution is -2.32. The molecule has 0 radical (unpaired) electrons. The molecule has 8 heteroatoms. The van der Waals surface area contributed by atoms with Gasteiger partial charge in [0.1, 0.15) is 0 Å². The molecule has 3 rings (SSSR count). The molecule has 1 N–H and O–H groups in total. The van der Waals surface area contributed by atoms with E-state index in [0.717, 1.165) is 12.2 Å². The Labute approximate surface area is 177 Å². The number of hydrogen-bond donors (Lipinski definition) is 1. The number of thiocarbonyl (C=S) groups is 1. The molecule has 0 amide bonds. The summed E-state index contributed by atoms with van der Waals surface area (Å²) in [5.41, 5.74) is 4.42. The number of aromatic nitrogens is 2. The third kappa shape index (κ3) is 4.43. The zero-order valence-corrected chi connectivity index (χ0v) is 18.2. The maximum Gasteiger partial charge on any atom is 0.307 e. The quantitative estimate of drug-likeness (QED) is 0.524. The molecule has 156 valence electrons. The van der Waals surface area contributed by atoms with Gasteiger partial charge in [-0.15, -0.1) is 0 Å². The van der Waals surface area contributed by atoms with Crippen molar-refractivity contribution in [2.75, 3.05) is 27.4 Å². The second kappa shape index (κ2) is 9.37. The Bertz CT molecular complexity index is 868. The average Bonchev–Trinajstić information content (AvgIpc) is 3.20. The molecule has 1 saturated heterocycles. The van der Waals surface area contributed by atoms with Gasteiger partial charge < -0.3 is 24.3 Å². The summed E-state index contributed by atoms with van der Waals surface area (Å²) in [6.45, 7) is 6.13. The highest BCUT2D eigenvalue weighted by atomic mass is 32.1. The molecule has 1 fully saturated rings. The second-order valence-electron chi connectivity index (χ2n) is 7.12. The molecule has 1 aliphatic heterocycles. The van der Waals surface area contributed by atoms with Crippen molar-refractivity contribution in [2.24, 2.45) is 0 Å². The van der Waals surface area contributed by atoms with E-state index in [1.807, 2.05) is 18.2 Å².